The van der Waals surface area contributed by atoms with E-state index in [-0.39, 0.29) is 16.7 Å². The molecule has 3 aromatic rings. The van der Waals surface area contributed by atoms with Crippen molar-refractivity contribution in [3.8, 4) is 28.9 Å². The molecule has 0 amide bonds. The van der Waals surface area contributed by atoms with Crippen LogP contribution in [-0.4, -0.2) is 36.2 Å². The highest BCUT2D eigenvalue weighted by Gasteiger charge is 2.18. The molecule has 0 saturated carbocycles. The molecule has 178 valence electrons. The molecule has 0 aliphatic carbocycles. The van der Waals surface area contributed by atoms with E-state index in [4.69, 9.17) is 30.5 Å². The van der Waals surface area contributed by atoms with Crippen LogP contribution < -0.4 is 18.9 Å². The van der Waals surface area contributed by atoms with Gasteiger partial charge in [-0.25, -0.2) is 19.0 Å². The Kier molecular flexibility index (Phi) is 8.26. The van der Waals surface area contributed by atoms with Crippen LogP contribution in [-0.2, 0) is 14.3 Å². The molecule has 0 aliphatic heterocycles. The third-order valence-electron chi connectivity index (χ3n) is 4.35. The molecule has 2 aromatic carbocycles. The van der Waals surface area contributed by atoms with E-state index in [1.807, 2.05) is 0 Å². The largest absolute Gasteiger partial charge is 0.479 e. The van der Waals surface area contributed by atoms with E-state index in [2.05, 4.69) is 9.72 Å². The van der Waals surface area contributed by atoms with Crippen LogP contribution in [0.1, 0.15) is 13.8 Å². The van der Waals surface area contributed by atoms with Gasteiger partial charge in [-0.1, -0.05) is 11.6 Å². The molecule has 0 saturated heterocycles. The summed E-state index contributed by atoms with van der Waals surface area (Å²) in [6.45, 7) is 3.10. The number of carbonyl (C=O) groups excluding carboxylic acids is 2. The van der Waals surface area contributed by atoms with Gasteiger partial charge < -0.3 is 23.7 Å². The first-order valence-corrected chi connectivity index (χ1v) is 10.4. The lowest BCUT2D eigenvalue weighted by molar-refractivity contribution is -0.147. The second-order valence-corrected chi connectivity index (χ2v) is 7.39. The van der Waals surface area contributed by atoms with Crippen molar-refractivity contribution in [3.63, 3.8) is 0 Å². The van der Waals surface area contributed by atoms with E-state index in [1.54, 1.807) is 31.2 Å². The number of carbonyl (C=O) groups is 2. The Labute approximate surface area is 200 Å². The molecule has 0 aliphatic rings. The zero-order chi connectivity index (χ0) is 24.7. The quantitative estimate of drug-likeness (QED) is 0.307. The third-order valence-corrected chi connectivity index (χ3v) is 4.55. The molecule has 34 heavy (non-hydrogen) atoms. The summed E-state index contributed by atoms with van der Waals surface area (Å²) in [7, 11) is 1.27. The Morgan fingerprint density at radius 2 is 1.35 bits per heavy atom. The van der Waals surface area contributed by atoms with Crippen LogP contribution in [0.4, 0.5) is 4.39 Å². The van der Waals surface area contributed by atoms with E-state index < -0.39 is 30.0 Å². The highest BCUT2D eigenvalue weighted by atomic mass is 35.5. The first kappa shape index (κ1) is 24.8. The lowest BCUT2D eigenvalue weighted by atomic mass is 10.3. The van der Waals surface area contributed by atoms with Crippen molar-refractivity contribution in [1.82, 2.24) is 4.98 Å². The topological polar surface area (TPSA) is 93.2 Å². The number of hydrogen-bond acceptors (Lipinski definition) is 8. The van der Waals surface area contributed by atoms with Crippen molar-refractivity contribution in [2.24, 2.45) is 0 Å². The zero-order valence-corrected chi connectivity index (χ0v) is 19.2. The third kappa shape index (κ3) is 6.82. The maximum absolute atomic E-state index is 13.8. The number of nitrogens with zero attached hydrogens (tertiary/aromatic N) is 1. The number of aromatic nitrogens is 1. The second-order valence-electron chi connectivity index (χ2n) is 6.95. The fourth-order valence-electron chi connectivity index (χ4n) is 2.63. The smallest absolute Gasteiger partial charge is 0.352 e. The molecule has 2 atom stereocenters. The van der Waals surface area contributed by atoms with Crippen molar-refractivity contribution >= 4 is 23.5 Å². The summed E-state index contributed by atoms with van der Waals surface area (Å²) in [5.41, 5.74) is 0. The van der Waals surface area contributed by atoms with E-state index in [0.29, 0.717) is 17.2 Å². The van der Waals surface area contributed by atoms with Crippen molar-refractivity contribution in [2.75, 3.05) is 7.11 Å². The van der Waals surface area contributed by atoms with Crippen molar-refractivity contribution in [3.05, 3.63) is 71.6 Å². The standard InChI is InChI=1S/C24H21ClFNO7/c1-14(23(28)30-3)31-17-6-10-20(11-7-17)34-24(29)15(2)32-18-4-8-19(9-5-18)33-22-21(26)12-16(25)13-27-22/h4-15H,1-3H3/t14-,15-/m1/s1. The van der Waals surface area contributed by atoms with E-state index in [9.17, 15) is 14.0 Å². The summed E-state index contributed by atoms with van der Waals surface area (Å²) in [4.78, 5) is 27.6. The van der Waals surface area contributed by atoms with Gasteiger partial charge in [0.1, 0.15) is 23.0 Å². The van der Waals surface area contributed by atoms with Gasteiger partial charge in [-0.15, -0.1) is 0 Å². The molecule has 8 nitrogen and oxygen atoms in total. The highest BCUT2D eigenvalue weighted by Crippen LogP contribution is 2.26. The van der Waals surface area contributed by atoms with Crippen LogP contribution in [0.25, 0.3) is 0 Å². The molecule has 3 rings (SSSR count). The van der Waals surface area contributed by atoms with Crippen molar-refractivity contribution < 1.29 is 37.7 Å². The molecular weight excluding hydrogens is 469 g/mol. The Balaban J connectivity index is 1.52. The number of halogens is 2. The first-order valence-electron chi connectivity index (χ1n) is 10.1. The van der Waals surface area contributed by atoms with Gasteiger partial charge in [0.2, 0.25) is 0 Å². The van der Waals surface area contributed by atoms with Gasteiger partial charge in [-0.3, -0.25) is 0 Å². The van der Waals surface area contributed by atoms with Crippen LogP contribution in [0.15, 0.2) is 60.8 Å². The van der Waals surface area contributed by atoms with Gasteiger partial charge >= 0.3 is 11.9 Å². The number of rotatable bonds is 9. The summed E-state index contributed by atoms with van der Waals surface area (Å²) >= 11 is 5.67. The molecule has 1 aromatic heterocycles. The van der Waals surface area contributed by atoms with Crippen molar-refractivity contribution in [2.45, 2.75) is 26.1 Å². The maximum atomic E-state index is 13.8. The number of hydrogen-bond donors (Lipinski definition) is 0. The molecule has 0 spiro atoms. The van der Waals surface area contributed by atoms with Crippen LogP contribution >= 0.6 is 11.6 Å². The van der Waals surface area contributed by atoms with Gasteiger partial charge in [0, 0.05) is 6.20 Å². The van der Waals surface area contributed by atoms with Crippen LogP contribution in [0, 0.1) is 5.82 Å². The Hall–Kier alpha value is -3.85. The van der Waals surface area contributed by atoms with Crippen LogP contribution in [0.5, 0.6) is 28.9 Å². The maximum Gasteiger partial charge on any atom is 0.352 e. The second kappa shape index (κ2) is 11.3. The van der Waals surface area contributed by atoms with Gasteiger partial charge in [0.25, 0.3) is 5.88 Å². The predicted octanol–water partition coefficient (Wildman–Crippen LogP) is 4.98. The molecule has 0 N–H and O–H groups in total. The highest BCUT2D eigenvalue weighted by molar-refractivity contribution is 6.30. The molecule has 1 heterocycles. The molecule has 0 radical (unpaired) electrons. The van der Waals surface area contributed by atoms with Crippen LogP contribution in [0.2, 0.25) is 5.02 Å². The molecule has 0 unspecified atom stereocenters. The van der Waals surface area contributed by atoms with Gasteiger partial charge in [0.15, 0.2) is 18.0 Å². The van der Waals surface area contributed by atoms with E-state index in [0.717, 1.165) is 6.07 Å². The average molecular weight is 490 g/mol. The summed E-state index contributed by atoms with van der Waals surface area (Å²) < 4.78 is 40.1. The number of benzene rings is 2. The molecular formula is C24H21ClFNO7. The Bertz CT molecular complexity index is 1140. The number of ether oxygens (including phenoxy) is 5. The minimum atomic E-state index is -0.919. The Morgan fingerprint density at radius 1 is 0.853 bits per heavy atom. The summed E-state index contributed by atoms with van der Waals surface area (Å²) in [5.74, 6) is -0.646. The lowest BCUT2D eigenvalue weighted by Gasteiger charge is -2.15. The minimum absolute atomic E-state index is 0.159. The van der Waals surface area contributed by atoms with E-state index in [1.165, 1.54) is 44.5 Å². The fourth-order valence-corrected chi connectivity index (χ4v) is 2.78. The SMILES string of the molecule is COC(=O)[C@@H](C)Oc1ccc(OC(=O)[C@@H](C)Oc2ccc(Oc3ncc(Cl)cc3F)cc2)cc1. The molecule has 10 heteroatoms. The average Bonchev–Trinajstić information content (AvgIpc) is 2.82. The van der Waals surface area contributed by atoms with Crippen molar-refractivity contribution in [1.29, 1.82) is 0 Å². The van der Waals surface area contributed by atoms with E-state index >= 15 is 0 Å². The number of esters is 2. The first-order chi connectivity index (χ1) is 16.2. The lowest BCUT2D eigenvalue weighted by Crippen LogP contribution is -2.28. The normalized spacial score (nSPS) is 12.3. The van der Waals surface area contributed by atoms with Gasteiger partial charge in [-0.05, 0) is 68.4 Å². The summed E-state index contributed by atoms with van der Waals surface area (Å²) in [6, 6.07) is 13.5. The summed E-state index contributed by atoms with van der Waals surface area (Å²) in [5, 5.41) is 0.159. The molecule has 0 bridgehead atoms. The van der Waals surface area contributed by atoms with Gasteiger partial charge in [-0.2, -0.15) is 0 Å². The van der Waals surface area contributed by atoms with Crippen LogP contribution in [0.3, 0.4) is 0 Å². The Morgan fingerprint density at radius 3 is 1.88 bits per heavy atom. The number of pyridine rings is 1. The minimum Gasteiger partial charge on any atom is -0.479 e. The molecule has 0 fully saturated rings. The monoisotopic (exact) mass is 489 g/mol. The summed E-state index contributed by atoms with van der Waals surface area (Å²) in [6.07, 6.45) is -0.420. The number of methoxy groups -OCH3 is 1. The zero-order valence-electron chi connectivity index (χ0n) is 18.5. The fraction of sp³-hybridized carbons (Fsp3) is 0.208. The predicted molar refractivity (Wildman–Crippen MR) is 120 cm³/mol. The van der Waals surface area contributed by atoms with Gasteiger partial charge in [0.05, 0.1) is 12.1 Å².